The summed E-state index contributed by atoms with van der Waals surface area (Å²) in [5, 5.41) is 14.8. The molecule has 5 nitrogen and oxygen atoms in total. The number of nitrogens with one attached hydrogen (secondary N) is 2. The number of rotatable bonds is 6. The van der Waals surface area contributed by atoms with E-state index in [9.17, 15) is 4.79 Å². The van der Waals surface area contributed by atoms with Gasteiger partial charge in [0.05, 0.1) is 6.61 Å². The highest BCUT2D eigenvalue weighted by Gasteiger charge is 2.07. The van der Waals surface area contributed by atoms with Gasteiger partial charge in [-0.1, -0.05) is 12.1 Å². The maximum Gasteiger partial charge on any atom is 0.255 e. The van der Waals surface area contributed by atoms with Crippen molar-refractivity contribution in [2.24, 2.45) is 0 Å². The molecule has 0 bridgehead atoms. The maximum absolute atomic E-state index is 12.0. The SMILES string of the molecule is CC(NCCO)c1ccc(NC(=O)c2ccncc2)cc1. The van der Waals surface area contributed by atoms with E-state index in [4.69, 9.17) is 5.11 Å². The first-order chi connectivity index (χ1) is 10.2. The van der Waals surface area contributed by atoms with E-state index in [0.29, 0.717) is 12.1 Å². The molecule has 1 aromatic carbocycles. The lowest BCUT2D eigenvalue weighted by Gasteiger charge is -2.14. The molecule has 0 fully saturated rings. The Morgan fingerprint density at radius 3 is 2.48 bits per heavy atom. The Labute approximate surface area is 124 Å². The van der Waals surface area contributed by atoms with Crippen LogP contribution in [0.2, 0.25) is 0 Å². The van der Waals surface area contributed by atoms with E-state index in [-0.39, 0.29) is 18.6 Å². The lowest BCUT2D eigenvalue weighted by atomic mass is 10.1. The number of carbonyl (C=O) groups excluding carboxylic acids is 1. The number of aliphatic hydroxyl groups excluding tert-OH is 1. The minimum absolute atomic E-state index is 0.115. The Morgan fingerprint density at radius 1 is 1.19 bits per heavy atom. The molecule has 21 heavy (non-hydrogen) atoms. The minimum atomic E-state index is -0.156. The minimum Gasteiger partial charge on any atom is -0.395 e. The van der Waals surface area contributed by atoms with Crippen molar-refractivity contribution in [3.63, 3.8) is 0 Å². The molecule has 0 saturated carbocycles. The Kier molecular flexibility index (Phi) is 5.43. The Morgan fingerprint density at radius 2 is 1.86 bits per heavy atom. The summed E-state index contributed by atoms with van der Waals surface area (Å²) in [6, 6.07) is 11.1. The molecular weight excluding hydrogens is 266 g/mol. The summed E-state index contributed by atoms with van der Waals surface area (Å²) < 4.78 is 0. The molecule has 5 heteroatoms. The summed E-state index contributed by atoms with van der Waals surface area (Å²) in [6.07, 6.45) is 3.18. The lowest BCUT2D eigenvalue weighted by molar-refractivity contribution is 0.102. The van der Waals surface area contributed by atoms with Gasteiger partial charge in [-0.2, -0.15) is 0 Å². The fourth-order valence-corrected chi connectivity index (χ4v) is 1.96. The number of amides is 1. The molecule has 1 amide bonds. The van der Waals surface area contributed by atoms with Crippen LogP contribution in [0.25, 0.3) is 0 Å². The number of nitrogens with zero attached hydrogens (tertiary/aromatic N) is 1. The van der Waals surface area contributed by atoms with Gasteiger partial charge in [0.1, 0.15) is 0 Å². The molecule has 1 heterocycles. The molecule has 0 aliphatic heterocycles. The number of aromatic nitrogens is 1. The summed E-state index contributed by atoms with van der Waals surface area (Å²) in [5.41, 5.74) is 2.42. The Hall–Kier alpha value is -2.24. The van der Waals surface area contributed by atoms with Crippen molar-refractivity contribution in [1.82, 2.24) is 10.3 Å². The molecule has 2 rings (SSSR count). The topological polar surface area (TPSA) is 74.2 Å². The van der Waals surface area contributed by atoms with Crippen molar-refractivity contribution >= 4 is 11.6 Å². The third-order valence-electron chi connectivity index (χ3n) is 3.17. The first kappa shape index (κ1) is 15.2. The normalized spacial score (nSPS) is 11.9. The van der Waals surface area contributed by atoms with Gasteiger partial charge in [-0.05, 0) is 36.8 Å². The van der Waals surface area contributed by atoms with Crippen LogP contribution in [0.1, 0.15) is 28.9 Å². The molecule has 3 N–H and O–H groups in total. The fourth-order valence-electron chi connectivity index (χ4n) is 1.96. The predicted molar refractivity (Wildman–Crippen MR) is 82.1 cm³/mol. The third kappa shape index (κ3) is 4.37. The number of hydrogen-bond acceptors (Lipinski definition) is 4. The summed E-state index contributed by atoms with van der Waals surface area (Å²) in [7, 11) is 0. The van der Waals surface area contributed by atoms with Crippen molar-refractivity contribution in [3.8, 4) is 0 Å². The van der Waals surface area contributed by atoms with Crippen LogP contribution in [-0.2, 0) is 0 Å². The molecular formula is C16H19N3O2. The van der Waals surface area contributed by atoms with Crippen molar-refractivity contribution in [3.05, 3.63) is 59.9 Å². The number of pyridine rings is 1. The molecule has 110 valence electrons. The highest BCUT2D eigenvalue weighted by Crippen LogP contribution is 2.16. The van der Waals surface area contributed by atoms with Crippen LogP contribution in [0.15, 0.2) is 48.8 Å². The van der Waals surface area contributed by atoms with Gasteiger partial charge in [0, 0.05) is 36.2 Å². The van der Waals surface area contributed by atoms with Gasteiger partial charge in [-0.3, -0.25) is 9.78 Å². The van der Waals surface area contributed by atoms with Crippen LogP contribution in [-0.4, -0.2) is 29.1 Å². The van der Waals surface area contributed by atoms with Gasteiger partial charge >= 0.3 is 0 Å². The zero-order valence-corrected chi connectivity index (χ0v) is 11.9. The highest BCUT2D eigenvalue weighted by atomic mass is 16.3. The van der Waals surface area contributed by atoms with Crippen LogP contribution in [0.3, 0.4) is 0 Å². The van der Waals surface area contributed by atoms with Crippen molar-refractivity contribution < 1.29 is 9.90 Å². The number of aliphatic hydroxyl groups is 1. The van der Waals surface area contributed by atoms with Gasteiger partial charge in [-0.25, -0.2) is 0 Å². The van der Waals surface area contributed by atoms with Crippen molar-refractivity contribution in [2.45, 2.75) is 13.0 Å². The van der Waals surface area contributed by atoms with Gasteiger partial charge < -0.3 is 15.7 Å². The third-order valence-corrected chi connectivity index (χ3v) is 3.17. The standard InChI is InChI=1S/C16H19N3O2/c1-12(18-10-11-20)13-2-4-15(5-3-13)19-16(21)14-6-8-17-9-7-14/h2-9,12,18,20H,10-11H2,1H3,(H,19,21). The molecule has 1 aromatic heterocycles. The van der Waals surface area contributed by atoms with E-state index in [1.54, 1.807) is 24.5 Å². The molecule has 1 unspecified atom stereocenters. The van der Waals surface area contributed by atoms with E-state index in [0.717, 1.165) is 11.3 Å². The van der Waals surface area contributed by atoms with Gasteiger partial charge in [0.2, 0.25) is 0 Å². The molecule has 0 spiro atoms. The van der Waals surface area contributed by atoms with E-state index >= 15 is 0 Å². The second-order valence-electron chi connectivity index (χ2n) is 4.71. The van der Waals surface area contributed by atoms with Crippen LogP contribution in [0.4, 0.5) is 5.69 Å². The number of carbonyl (C=O) groups is 1. The smallest absolute Gasteiger partial charge is 0.255 e. The van der Waals surface area contributed by atoms with Gasteiger partial charge in [0.25, 0.3) is 5.91 Å². The van der Waals surface area contributed by atoms with Crippen molar-refractivity contribution in [2.75, 3.05) is 18.5 Å². The largest absolute Gasteiger partial charge is 0.395 e. The molecule has 0 saturated heterocycles. The second kappa shape index (κ2) is 7.52. The van der Waals surface area contributed by atoms with Gasteiger partial charge in [-0.15, -0.1) is 0 Å². The van der Waals surface area contributed by atoms with E-state index in [2.05, 4.69) is 15.6 Å². The summed E-state index contributed by atoms with van der Waals surface area (Å²) in [6.45, 7) is 2.70. The average Bonchev–Trinajstić information content (AvgIpc) is 2.54. The first-order valence-electron chi connectivity index (χ1n) is 6.86. The number of anilines is 1. The zero-order chi connectivity index (χ0) is 15.1. The van der Waals surface area contributed by atoms with Crippen LogP contribution < -0.4 is 10.6 Å². The predicted octanol–water partition coefficient (Wildman–Crippen LogP) is 1.98. The fraction of sp³-hybridized carbons (Fsp3) is 0.250. The molecule has 0 radical (unpaired) electrons. The van der Waals surface area contributed by atoms with Crippen LogP contribution >= 0.6 is 0 Å². The maximum atomic E-state index is 12.0. The quantitative estimate of drug-likeness (QED) is 0.758. The zero-order valence-electron chi connectivity index (χ0n) is 11.9. The van der Waals surface area contributed by atoms with Crippen LogP contribution in [0.5, 0.6) is 0 Å². The summed E-state index contributed by atoms with van der Waals surface area (Å²) in [5.74, 6) is -0.156. The monoisotopic (exact) mass is 285 g/mol. The van der Waals surface area contributed by atoms with E-state index < -0.39 is 0 Å². The Balaban J connectivity index is 1.98. The van der Waals surface area contributed by atoms with Crippen LogP contribution in [0, 0.1) is 0 Å². The molecule has 1 atom stereocenters. The Bertz CT molecular complexity index is 570. The lowest BCUT2D eigenvalue weighted by Crippen LogP contribution is -2.22. The number of hydrogen-bond donors (Lipinski definition) is 3. The van der Waals surface area contributed by atoms with E-state index in [1.165, 1.54) is 0 Å². The molecule has 0 aliphatic rings. The van der Waals surface area contributed by atoms with E-state index in [1.807, 2.05) is 31.2 Å². The second-order valence-corrected chi connectivity index (χ2v) is 4.71. The highest BCUT2D eigenvalue weighted by molar-refractivity contribution is 6.04. The van der Waals surface area contributed by atoms with Crippen molar-refractivity contribution in [1.29, 1.82) is 0 Å². The van der Waals surface area contributed by atoms with Gasteiger partial charge in [0.15, 0.2) is 0 Å². The molecule has 2 aromatic rings. The first-order valence-corrected chi connectivity index (χ1v) is 6.86. The molecule has 0 aliphatic carbocycles. The summed E-state index contributed by atoms with van der Waals surface area (Å²) >= 11 is 0. The summed E-state index contributed by atoms with van der Waals surface area (Å²) in [4.78, 5) is 15.9. The number of benzene rings is 1. The average molecular weight is 285 g/mol.